The summed E-state index contributed by atoms with van der Waals surface area (Å²) in [7, 11) is 0. The Morgan fingerprint density at radius 1 is 1.53 bits per heavy atom. The Balaban J connectivity index is 2.43. The van der Waals surface area contributed by atoms with Crippen LogP contribution in [0, 0.1) is 0 Å². The van der Waals surface area contributed by atoms with E-state index in [0.29, 0.717) is 17.7 Å². The van der Waals surface area contributed by atoms with Crippen molar-refractivity contribution in [2.24, 2.45) is 5.73 Å². The first-order chi connectivity index (χ1) is 7.01. The van der Waals surface area contributed by atoms with Gasteiger partial charge in [-0.05, 0) is 12.5 Å². The maximum absolute atomic E-state index is 13.2. The van der Waals surface area contributed by atoms with Crippen molar-refractivity contribution < 1.29 is 18.0 Å². The zero-order valence-electron chi connectivity index (χ0n) is 7.80. The van der Waals surface area contributed by atoms with Crippen molar-refractivity contribution in [1.29, 1.82) is 0 Å². The van der Waals surface area contributed by atoms with Gasteiger partial charge in [0.15, 0.2) is 5.76 Å². The summed E-state index contributed by atoms with van der Waals surface area (Å²) >= 11 is 0. The number of aryl methyl sites for hydroxylation is 1. The molecule has 0 unspecified atom stereocenters. The summed E-state index contributed by atoms with van der Waals surface area (Å²) in [6.45, 7) is 0. The van der Waals surface area contributed by atoms with Crippen molar-refractivity contribution >= 4 is 12.0 Å². The minimum Gasteiger partial charge on any atom is -0.458 e. The van der Waals surface area contributed by atoms with Crippen LogP contribution in [-0.2, 0) is 17.1 Å². The number of furan rings is 1. The molecule has 3 nitrogen and oxygen atoms in total. The predicted octanol–water partition coefficient (Wildman–Crippen LogP) is 1.82. The normalized spacial score (nSPS) is 15.1. The lowest BCUT2D eigenvalue weighted by molar-refractivity contribution is -0.145. The third-order valence-electron chi connectivity index (χ3n) is 2.30. The second kappa shape index (κ2) is 3.18. The van der Waals surface area contributed by atoms with E-state index >= 15 is 0 Å². The van der Waals surface area contributed by atoms with Crippen LogP contribution < -0.4 is 5.73 Å². The summed E-state index contributed by atoms with van der Waals surface area (Å²) in [4.78, 5) is 10.5. The van der Waals surface area contributed by atoms with E-state index in [4.69, 9.17) is 4.42 Å². The quantitative estimate of drug-likeness (QED) is 0.814. The van der Waals surface area contributed by atoms with Crippen LogP contribution in [0.3, 0.4) is 0 Å². The number of primary amides is 1. The summed E-state index contributed by atoms with van der Waals surface area (Å²) in [5, 5.41) is 0. The number of carbonyl (C=O) groups is 1. The number of hydrogen-bond acceptors (Lipinski definition) is 2. The number of rotatable bonds is 2. The standard InChI is InChI=1S/C10H9F2NO2/c11-10(12,9(13)14)8-5-6-3-1-2-4-7(6)15-8/h1,3,5H,2,4H2,(H2,13,14). The Hall–Kier alpha value is -1.65. The maximum Gasteiger partial charge on any atom is 0.380 e. The van der Waals surface area contributed by atoms with Gasteiger partial charge in [-0.15, -0.1) is 0 Å². The fourth-order valence-corrected chi connectivity index (χ4v) is 1.48. The van der Waals surface area contributed by atoms with Gasteiger partial charge in [0, 0.05) is 12.0 Å². The van der Waals surface area contributed by atoms with Crippen molar-refractivity contribution in [3.05, 3.63) is 29.2 Å². The van der Waals surface area contributed by atoms with Crippen LogP contribution in [0.1, 0.15) is 23.5 Å². The van der Waals surface area contributed by atoms with Gasteiger partial charge in [0.2, 0.25) is 0 Å². The highest BCUT2D eigenvalue weighted by molar-refractivity contribution is 5.82. The average Bonchev–Trinajstić information content (AvgIpc) is 2.61. The summed E-state index contributed by atoms with van der Waals surface area (Å²) in [6.07, 6.45) is 4.88. The molecule has 0 saturated carbocycles. The van der Waals surface area contributed by atoms with E-state index in [1.54, 1.807) is 6.08 Å². The van der Waals surface area contributed by atoms with Gasteiger partial charge >= 0.3 is 5.92 Å². The van der Waals surface area contributed by atoms with E-state index in [0.717, 1.165) is 12.5 Å². The summed E-state index contributed by atoms with van der Waals surface area (Å²) in [5.41, 5.74) is 5.19. The minimum absolute atomic E-state index is 0.480. The van der Waals surface area contributed by atoms with Crippen molar-refractivity contribution in [2.75, 3.05) is 0 Å². The van der Waals surface area contributed by atoms with Crippen molar-refractivity contribution in [1.82, 2.24) is 0 Å². The average molecular weight is 213 g/mol. The fourth-order valence-electron chi connectivity index (χ4n) is 1.48. The Bertz CT molecular complexity index is 435. The molecular weight excluding hydrogens is 204 g/mol. The first kappa shape index (κ1) is 9.89. The fraction of sp³-hybridized carbons (Fsp3) is 0.300. The molecule has 0 fully saturated rings. The number of fused-ring (bicyclic) bond motifs is 1. The number of alkyl halides is 2. The summed E-state index contributed by atoms with van der Waals surface area (Å²) in [6, 6.07) is 1.16. The molecule has 0 bridgehead atoms. The Labute approximate surface area is 84.6 Å². The second-order valence-electron chi connectivity index (χ2n) is 3.37. The molecule has 1 aliphatic rings. The molecule has 5 heteroatoms. The maximum atomic E-state index is 13.2. The summed E-state index contributed by atoms with van der Waals surface area (Å²) < 4.78 is 31.3. The smallest absolute Gasteiger partial charge is 0.380 e. The first-order valence-corrected chi connectivity index (χ1v) is 4.49. The van der Waals surface area contributed by atoms with E-state index < -0.39 is 17.6 Å². The summed E-state index contributed by atoms with van der Waals surface area (Å²) in [5.74, 6) is -5.62. The highest BCUT2D eigenvalue weighted by atomic mass is 19.3. The molecule has 0 aliphatic heterocycles. The zero-order chi connectivity index (χ0) is 11.1. The third kappa shape index (κ3) is 1.54. The molecule has 1 amide bonds. The van der Waals surface area contributed by atoms with Gasteiger partial charge in [0.05, 0.1) is 0 Å². The van der Waals surface area contributed by atoms with E-state index in [-0.39, 0.29) is 0 Å². The van der Waals surface area contributed by atoms with E-state index in [9.17, 15) is 13.6 Å². The van der Waals surface area contributed by atoms with Crippen molar-refractivity contribution in [3.8, 4) is 0 Å². The predicted molar refractivity (Wildman–Crippen MR) is 49.2 cm³/mol. The lowest BCUT2D eigenvalue weighted by atomic mass is 10.1. The molecule has 1 aromatic heterocycles. The second-order valence-corrected chi connectivity index (χ2v) is 3.37. The van der Waals surface area contributed by atoms with Crippen molar-refractivity contribution in [3.63, 3.8) is 0 Å². The minimum atomic E-state index is -3.73. The Morgan fingerprint density at radius 3 is 2.87 bits per heavy atom. The van der Waals surface area contributed by atoms with Gasteiger partial charge in [0.1, 0.15) is 5.76 Å². The molecule has 0 spiro atoms. The number of carbonyl (C=O) groups excluding carboxylic acids is 1. The number of allylic oxidation sites excluding steroid dienone is 1. The molecule has 0 aromatic carbocycles. The SMILES string of the molecule is NC(=O)C(F)(F)c1cc2c(o1)CCC=C2. The van der Waals surface area contributed by atoms with Gasteiger partial charge in [-0.1, -0.05) is 12.2 Å². The molecule has 1 aromatic rings. The molecule has 0 atom stereocenters. The van der Waals surface area contributed by atoms with Gasteiger partial charge in [-0.3, -0.25) is 4.79 Å². The molecule has 0 radical (unpaired) electrons. The lowest BCUT2D eigenvalue weighted by Crippen LogP contribution is -2.32. The zero-order valence-corrected chi connectivity index (χ0v) is 7.80. The number of nitrogens with two attached hydrogens (primary N) is 1. The van der Waals surface area contributed by atoms with Gasteiger partial charge in [-0.25, -0.2) is 0 Å². The molecule has 80 valence electrons. The molecule has 0 saturated heterocycles. The van der Waals surface area contributed by atoms with E-state index in [2.05, 4.69) is 5.73 Å². The topological polar surface area (TPSA) is 56.2 Å². The van der Waals surface area contributed by atoms with E-state index in [1.165, 1.54) is 0 Å². The molecule has 2 rings (SSSR count). The molecule has 2 N–H and O–H groups in total. The van der Waals surface area contributed by atoms with Crippen LogP contribution >= 0.6 is 0 Å². The largest absolute Gasteiger partial charge is 0.458 e. The van der Waals surface area contributed by atoms with Crippen LogP contribution in [0.5, 0.6) is 0 Å². The Morgan fingerprint density at radius 2 is 2.27 bits per heavy atom. The van der Waals surface area contributed by atoms with Gasteiger partial charge < -0.3 is 10.2 Å². The number of hydrogen-bond donors (Lipinski definition) is 1. The first-order valence-electron chi connectivity index (χ1n) is 4.49. The molecule has 1 aliphatic carbocycles. The number of amides is 1. The van der Waals surface area contributed by atoms with Crippen LogP contribution in [0.25, 0.3) is 6.08 Å². The molecular formula is C10H9F2NO2. The van der Waals surface area contributed by atoms with Crippen molar-refractivity contribution in [2.45, 2.75) is 18.8 Å². The molecule has 15 heavy (non-hydrogen) atoms. The van der Waals surface area contributed by atoms with Crippen LogP contribution in [-0.4, -0.2) is 5.91 Å². The van der Waals surface area contributed by atoms with Crippen LogP contribution in [0.2, 0.25) is 0 Å². The van der Waals surface area contributed by atoms with E-state index in [1.807, 2.05) is 6.08 Å². The third-order valence-corrected chi connectivity index (χ3v) is 2.30. The van der Waals surface area contributed by atoms with Crippen LogP contribution in [0.15, 0.2) is 16.6 Å². The Kier molecular flexibility index (Phi) is 2.10. The monoisotopic (exact) mass is 213 g/mol. The highest BCUT2D eigenvalue weighted by Gasteiger charge is 2.43. The van der Waals surface area contributed by atoms with Crippen LogP contribution in [0.4, 0.5) is 8.78 Å². The van der Waals surface area contributed by atoms with Gasteiger partial charge in [-0.2, -0.15) is 8.78 Å². The highest BCUT2D eigenvalue weighted by Crippen LogP contribution is 2.33. The van der Waals surface area contributed by atoms with Gasteiger partial charge in [0.25, 0.3) is 5.91 Å². The number of halogens is 2. The lowest BCUT2D eigenvalue weighted by Gasteiger charge is -2.07. The molecule has 1 heterocycles.